The van der Waals surface area contributed by atoms with Crippen LogP contribution in [0, 0.1) is 0 Å². The first-order valence-electron chi connectivity index (χ1n) is 10.6. The quantitative estimate of drug-likeness (QED) is 0.489. The summed E-state index contributed by atoms with van der Waals surface area (Å²) < 4.78 is 40.0. The van der Waals surface area contributed by atoms with Crippen LogP contribution in [0.1, 0.15) is 24.0 Å². The zero-order chi connectivity index (χ0) is 23.0. The number of alkyl halides is 2. The van der Waals surface area contributed by atoms with E-state index in [0.29, 0.717) is 6.54 Å². The summed E-state index contributed by atoms with van der Waals surface area (Å²) in [4.78, 5) is 6.44. The van der Waals surface area contributed by atoms with E-state index in [1.165, 1.54) is 5.56 Å². The number of nitrogens with zero attached hydrogens (tertiary/aromatic N) is 2. The van der Waals surface area contributed by atoms with E-state index in [1.54, 1.807) is 38.4 Å². The van der Waals surface area contributed by atoms with Gasteiger partial charge in [-0.05, 0) is 48.2 Å². The Morgan fingerprint density at radius 3 is 2.28 bits per heavy atom. The molecular weight excluding hydrogens is 416 g/mol. The van der Waals surface area contributed by atoms with Crippen LogP contribution in [0.3, 0.4) is 0 Å². The summed E-state index contributed by atoms with van der Waals surface area (Å²) in [6.45, 7) is -0.0897. The molecule has 2 aromatic rings. The number of nitrogens with one attached hydrogen (secondary N) is 1. The summed E-state index contributed by atoms with van der Waals surface area (Å²) in [7, 11) is 5.37. The first kappa shape index (κ1) is 23.8. The van der Waals surface area contributed by atoms with Gasteiger partial charge < -0.3 is 24.4 Å². The van der Waals surface area contributed by atoms with E-state index in [2.05, 4.69) is 27.2 Å². The summed E-state index contributed by atoms with van der Waals surface area (Å²) in [6, 6.07) is 14.9. The molecule has 0 saturated carbocycles. The summed E-state index contributed by atoms with van der Waals surface area (Å²) in [5.41, 5.74) is 2.16. The van der Waals surface area contributed by atoms with Crippen LogP contribution in [0.2, 0.25) is 0 Å². The van der Waals surface area contributed by atoms with Crippen molar-refractivity contribution in [2.75, 3.05) is 41.0 Å². The van der Waals surface area contributed by atoms with Gasteiger partial charge in [-0.25, -0.2) is 0 Å². The molecule has 6 nitrogen and oxygen atoms in total. The van der Waals surface area contributed by atoms with Gasteiger partial charge in [-0.3, -0.25) is 4.99 Å². The lowest BCUT2D eigenvalue weighted by Gasteiger charge is -2.39. The van der Waals surface area contributed by atoms with Gasteiger partial charge in [0.2, 0.25) is 0 Å². The van der Waals surface area contributed by atoms with Gasteiger partial charge in [0, 0.05) is 45.8 Å². The molecule has 1 heterocycles. The minimum Gasteiger partial charge on any atom is -0.497 e. The number of aliphatic imine (C=N–C) groups is 1. The number of guanidine groups is 1. The Balaban J connectivity index is 1.66. The largest absolute Gasteiger partial charge is 0.497 e. The second kappa shape index (κ2) is 11.1. The van der Waals surface area contributed by atoms with Crippen molar-refractivity contribution >= 4 is 5.96 Å². The number of rotatable bonds is 8. The van der Waals surface area contributed by atoms with Crippen LogP contribution < -0.4 is 14.8 Å². The molecule has 1 aliphatic rings. The van der Waals surface area contributed by atoms with E-state index in [9.17, 15) is 8.78 Å². The number of ether oxygens (including phenoxy) is 3. The smallest absolute Gasteiger partial charge is 0.387 e. The average Bonchev–Trinajstić information content (AvgIpc) is 2.81. The molecule has 1 N–H and O–H groups in total. The van der Waals surface area contributed by atoms with Crippen LogP contribution in [0.4, 0.5) is 8.78 Å². The topological polar surface area (TPSA) is 55.3 Å². The van der Waals surface area contributed by atoms with Crippen LogP contribution in [0.15, 0.2) is 53.5 Å². The molecular formula is C24H31F2N3O3. The molecule has 0 unspecified atom stereocenters. The minimum absolute atomic E-state index is 0.0600. The third kappa shape index (κ3) is 6.09. The standard InChI is InChI=1S/C24H31F2N3O3/c1-27-23(29(2)16-18-4-8-21(9-5-18)32-22(25)26)28-17-24(12-14-31-15-13-24)19-6-10-20(30-3)11-7-19/h4-11,22H,12-17H2,1-3H3,(H,27,28). The predicted octanol–water partition coefficient (Wildman–Crippen LogP) is 4.05. The molecule has 0 bridgehead atoms. The molecule has 32 heavy (non-hydrogen) atoms. The molecule has 0 atom stereocenters. The first-order valence-corrected chi connectivity index (χ1v) is 10.6. The Labute approximate surface area is 188 Å². The highest BCUT2D eigenvalue weighted by atomic mass is 19.3. The summed E-state index contributed by atoms with van der Waals surface area (Å²) in [5.74, 6) is 1.75. The average molecular weight is 448 g/mol. The highest BCUT2D eigenvalue weighted by molar-refractivity contribution is 5.79. The molecule has 1 saturated heterocycles. The van der Waals surface area contributed by atoms with Crippen LogP contribution in [-0.4, -0.2) is 58.4 Å². The molecule has 0 radical (unpaired) electrons. The lowest BCUT2D eigenvalue weighted by molar-refractivity contribution is -0.0498. The molecule has 2 aromatic carbocycles. The second-order valence-electron chi connectivity index (χ2n) is 7.90. The highest BCUT2D eigenvalue weighted by Gasteiger charge is 2.35. The van der Waals surface area contributed by atoms with Gasteiger partial charge in [-0.1, -0.05) is 24.3 Å². The van der Waals surface area contributed by atoms with E-state index in [4.69, 9.17) is 9.47 Å². The normalized spacial score (nSPS) is 16.0. The summed E-state index contributed by atoms with van der Waals surface area (Å²) in [5, 5.41) is 3.53. The van der Waals surface area contributed by atoms with Crippen molar-refractivity contribution in [3.63, 3.8) is 0 Å². The monoisotopic (exact) mass is 447 g/mol. The lowest BCUT2D eigenvalue weighted by Crippen LogP contribution is -2.48. The number of methoxy groups -OCH3 is 1. The molecule has 8 heteroatoms. The van der Waals surface area contributed by atoms with Crippen molar-refractivity contribution in [1.29, 1.82) is 0 Å². The number of halogens is 2. The zero-order valence-corrected chi connectivity index (χ0v) is 18.8. The summed E-state index contributed by atoms with van der Waals surface area (Å²) in [6.07, 6.45) is 1.83. The molecule has 1 fully saturated rings. The van der Waals surface area contributed by atoms with E-state index in [1.807, 2.05) is 24.1 Å². The van der Waals surface area contributed by atoms with Crippen molar-refractivity contribution in [2.24, 2.45) is 4.99 Å². The fourth-order valence-electron chi connectivity index (χ4n) is 4.03. The van der Waals surface area contributed by atoms with Gasteiger partial charge in [0.25, 0.3) is 0 Å². The highest BCUT2D eigenvalue weighted by Crippen LogP contribution is 2.35. The van der Waals surface area contributed by atoms with Crippen LogP contribution in [-0.2, 0) is 16.7 Å². The van der Waals surface area contributed by atoms with E-state index in [0.717, 1.165) is 49.9 Å². The maximum absolute atomic E-state index is 12.3. The van der Waals surface area contributed by atoms with Crippen LogP contribution in [0.5, 0.6) is 11.5 Å². The molecule has 0 spiro atoms. The van der Waals surface area contributed by atoms with Gasteiger partial charge in [-0.15, -0.1) is 0 Å². The Morgan fingerprint density at radius 1 is 1.09 bits per heavy atom. The van der Waals surface area contributed by atoms with Gasteiger partial charge in [-0.2, -0.15) is 8.78 Å². The molecule has 174 valence electrons. The molecule has 0 aliphatic carbocycles. The number of benzene rings is 2. The summed E-state index contributed by atoms with van der Waals surface area (Å²) >= 11 is 0. The Hall–Kier alpha value is -2.87. The van der Waals surface area contributed by atoms with Gasteiger partial charge >= 0.3 is 6.61 Å². The second-order valence-corrected chi connectivity index (χ2v) is 7.90. The zero-order valence-electron chi connectivity index (χ0n) is 18.8. The maximum Gasteiger partial charge on any atom is 0.387 e. The lowest BCUT2D eigenvalue weighted by atomic mass is 9.74. The van der Waals surface area contributed by atoms with Crippen molar-refractivity contribution in [3.8, 4) is 11.5 Å². The maximum atomic E-state index is 12.3. The van der Waals surface area contributed by atoms with Gasteiger partial charge in [0.05, 0.1) is 7.11 Å². The molecule has 0 amide bonds. The van der Waals surface area contributed by atoms with Crippen molar-refractivity contribution in [2.45, 2.75) is 31.4 Å². The fraction of sp³-hybridized carbons (Fsp3) is 0.458. The number of hydrogen-bond acceptors (Lipinski definition) is 4. The fourth-order valence-corrected chi connectivity index (χ4v) is 4.03. The van der Waals surface area contributed by atoms with Crippen LogP contribution in [0.25, 0.3) is 0 Å². The van der Waals surface area contributed by atoms with Crippen molar-refractivity contribution in [3.05, 3.63) is 59.7 Å². The van der Waals surface area contributed by atoms with Crippen LogP contribution >= 0.6 is 0 Å². The molecule has 1 aliphatic heterocycles. The van der Waals surface area contributed by atoms with Crippen molar-refractivity contribution < 1.29 is 23.0 Å². The Kier molecular flexibility index (Phi) is 8.27. The van der Waals surface area contributed by atoms with Crippen molar-refractivity contribution in [1.82, 2.24) is 10.2 Å². The third-order valence-electron chi connectivity index (χ3n) is 5.88. The third-order valence-corrected chi connectivity index (χ3v) is 5.88. The van der Waals surface area contributed by atoms with E-state index >= 15 is 0 Å². The first-order chi connectivity index (χ1) is 15.5. The van der Waals surface area contributed by atoms with E-state index < -0.39 is 6.61 Å². The minimum atomic E-state index is -2.82. The molecule has 0 aromatic heterocycles. The van der Waals surface area contributed by atoms with Gasteiger partial charge in [0.15, 0.2) is 5.96 Å². The predicted molar refractivity (Wildman–Crippen MR) is 121 cm³/mol. The Bertz CT molecular complexity index is 867. The number of hydrogen-bond donors (Lipinski definition) is 1. The van der Waals surface area contributed by atoms with E-state index in [-0.39, 0.29) is 11.2 Å². The Morgan fingerprint density at radius 2 is 1.72 bits per heavy atom. The van der Waals surface area contributed by atoms with Gasteiger partial charge in [0.1, 0.15) is 11.5 Å². The SMILES string of the molecule is CN=C(NCC1(c2ccc(OC)cc2)CCOCC1)N(C)Cc1ccc(OC(F)F)cc1. The molecule has 3 rings (SSSR count).